The van der Waals surface area contributed by atoms with Crippen LogP contribution in [-0.4, -0.2) is 46.2 Å². The molecule has 0 N–H and O–H groups in total. The highest BCUT2D eigenvalue weighted by molar-refractivity contribution is 5.75. The number of halogens is 1. The molecule has 0 spiro atoms. The summed E-state index contributed by atoms with van der Waals surface area (Å²) in [6.07, 6.45) is 6.38. The largest absolute Gasteiger partial charge is 0.490 e. The summed E-state index contributed by atoms with van der Waals surface area (Å²) in [6, 6.07) is 16.1. The highest BCUT2D eigenvalue weighted by atomic mass is 19.1. The number of piperidine rings is 1. The van der Waals surface area contributed by atoms with E-state index in [1.165, 1.54) is 6.07 Å². The molecular formula is C30H29FN4O2. The second-order valence-corrected chi connectivity index (χ2v) is 10.1. The molecule has 3 heterocycles. The van der Waals surface area contributed by atoms with Crippen LogP contribution in [-0.2, 0) is 13.0 Å². The van der Waals surface area contributed by atoms with E-state index >= 15 is 0 Å². The van der Waals surface area contributed by atoms with Gasteiger partial charge in [-0.1, -0.05) is 24.3 Å². The van der Waals surface area contributed by atoms with Crippen molar-refractivity contribution in [3.8, 4) is 28.3 Å². The molecule has 4 aromatic rings. The molecular weight excluding hydrogens is 467 g/mol. The van der Waals surface area contributed by atoms with Gasteiger partial charge in [-0.2, -0.15) is 0 Å². The zero-order valence-corrected chi connectivity index (χ0v) is 20.9. The minimum Gasteiger partial charge on any atom is -0.490 e. The molecule has 1 aliphatic carbocycles. The van der Waals surface area contributed by atoms with E-state index in [2.05, 4.69) is 21.9 Å². The van der Waals surface area contributed by atoms with E-state index in [4.69, 9.17) is 4.74 Å². The highest BCUT2D eigenvalue weighted by Gasteiger charge is 2.23. The quantitative estimate of drug-likeness (QED) is 0.339. The van der Waals surface area contributed by atoms with Gasteiger partial charge in [0.05, 0.1) is 25.5 Å². The Hall–Kier alpha value is -3.84. The van der Waals surface area contributed by atoms with Gasteiger partial charge in [-0.15, -0.1) is 0 Å². The Bertz CT molecular complexity index is 1490. The van der Waals surface area contributed by atoms with Gasteiger partial charge in [0, 0.05) is 29.3 Å². The third-order valence-electron chi connectivity index (χ3n) is 7.49. The molecule has 6 nitrogen and oxygen atoms in total. The summed E-state index contributed by atoms with van der Waals surface area (Å²) in [4.78, 5) is 24.3. The topological polar surface area (TPSA) is 60.2 Å². The van der Waals surface area contributed by atoms with Crippen molar-refractivity contribution in [3.05, 3.63) is 100.0 Å². The summed E-state index contributed by atoms with van der Waals surface area (Å²) < 4.78 is 21.6. The van der Waals surface area contributed by atoms with Crippen LogP contribution in [0.1, 0.15) is 29.7 Å². The van der Waals surface area contributed by atoms with E-state index in [1.54, 1.807) is 41.2 Å². The van der Waals surface area contributed by atoms with E-state index < -0.39 is 0 Å². The third kappa shape index (κ3) is 4.91. The van der Waals surface area contributed by atoms with Crippen LogP contribution in [0.2, 0.25) is 0 Å². The van der Waals surface area contributed by atoms with Gasteiger partial charge in [-0.3, -0.25) is 4.79 Å². The monoisotopic (exact) mass is 496 g/mol. The molecule has 0 bridgehead atoms. The predicted octanol–water partition coefficient (Wildman–Crippen LogP) is 4.78. The van der Waals surface area contributed by atoms with Crippen molar-refractivity contribution in [2.45, 2.75) is 25.8 Å². The first-order valence-corrected chi connectivity index (χ1v) is 12.8. The molecule has 1 saturated heterocycles. The Morgan fingerprint density at radius 2 is 1.81 bits per heavy atom. The molecule has 1 aliphatic heterocycles. The average Bonchev–Trinajstić information content (AvgIpc) is 3.28. The number of hydrogen-bond acceptors (Lipinski definition) is 5. The van der Waals surface area contributed by atoms with Gasteiger partial charge in [-0.25, -0.2) is 14.4 Å². The van der Waals surface area contributed by atoms with Crippen molar-refractivity contribution in [3.63, 3.8) is 0 Å². The fourth-order valence-electron chi connectivity index (χ4n) is 5.34. The molecule has 0 saturated carbocycles. The molecule has 0 radical (unpaired) electrons. The van der Waals surface area contributed by atoms with Crippen molar-refractivity contribution in [2.75, 3.05) is 26.7 Å². The molecule has 2 aromatic carbocycles. The van der Waals surface area contributed by atoms with Gasteiger partial charge >= 0.3 is 0 Å². The van der Waals surface area contributed by atoms with Crippen LogP contribution in [0.3, 0.4) is 0 Å². The summed E-state index contributed by atoms with van der Waals surface area (Å²) in [5.74, 6) is 1.60. The average molecular weight is 497 g/mol. The maximum absolute atomic E-state index is 13.9. The van der Waals surface area contributed by atoms with Gasteiger partial charge in [0.15, 0.2) is 11.6 Å². The van der Waals surface area contributed by atoms with Crippen LogP contribution in [0, 0.1) is 11.7 Å². The fraction of sp³-hybridized carbons (Fsp3) is 0.300. The van der Waals surface area contributed by atoms with Crippen molar-refractivity contribution in [1.82, 2.24) is 19.4 Å². The molecule has 1 fully saturated rings. The number of benzene rings is 2. The van der Waals surface area contributed by atoms with Crippen LogP contribution in [0.25, 0.3) is 22.5 Å². The molecule has 2 aromatic heterocycles. The van der Waals surface area contributed by atoms with Gasteiger partial charge in [0.25, 0.3) is 5.56 Å². The number of pyridine rings is 1. The minimum atomic E-state index is -0.268. The van der Waals surface area contributed by atoms with Crippen molar-refractivity contribution in [2.24, 2.45) is 5.92 Å². The van der Waals surface area contributed by atoms with Gasteiger partial charge in [0.2, 0.25) is 0 Å². The van der Waals surface area contributed by atoms with E-state index in [0.717, 1.165) is 59.4 Å². The van der Waals surface area contributed by atoms with Gasteiger partial charge in [0.1, 0.15) is 5.82 Å². The Labute approximate surface area is 215 Å². The lowest BCUT2D eigenvalue weighted by Crippen LogP contribution is -2.32. The molecule has 2 aliphatic rings. The lowest BCUT2D eigenvalue weighted by molar-refractivity contribution is 0.159. The smallest absolute Gasteiger partial charge is 0.251 e. The van der Waals surface area contributed by atoms with E-state index in [1.807, 2.05) is 24.3 Å². The Morgan fingerprint density at radius 3 is 2.62 bits per heavy atom. The molecule has 0 unspecified atom stereocenters. The van der Waals surface area contributed by atoms with Crippen LogP contribution < -0.4 is 10.3 Å². The van der Waals surface area contributed by atoms with E-state index in [9.17, 15) is 9.18 Å². The Kier molecular flexibility index (Phi) is 6.30. The standard InChI is InChI=1S/C30H29FN4O2/c1-34-11-9-20(10-12-34)19-37-25-16-32-30(33-17-25)23-4-2-3-21(13-23)18-35-28-14-22-5-6-24(31)15-27(22)26(28)7-8-29(35)36/h2-8,13,15-17,20H,9-12,14,18-19H2,1H3. The molecule has 37 heavy (non-hydrogen) atoms. The number of likely N-dealkylation sites (tertiary alicyclic amines) is 1. The summed E-state index contributed by atoms with van der Waals surface area (Å²) in [6.45, 7) is 3.34. The first-order chi connectivity index (χ1) is 18.0. The number of rotatable bonds is 6. The number of hydrogen-bond donors (Lipinski definition) is 0. The molecule has 188 valence electrons. The molecule has 6 rings (SSSR count). The Morgan fingerprint density at radius 1 is 1.00 bits per heavy atom. The van der Waals surface area contributed by atoms with Crippen LogP contribution in [0.4, 0.5) is 4.39 Å². The second-order valence-electron chi connectivity index (χ2n) is 10.1. The number of aromatic nitrogens is 3. The number of fused-ring (bicyclic) bond motifs is 3. The van der Waals surface area contributed by atoms with Gasteiger partial charge in [-0.05, 0) is 79.9 Å². The van der Waals surface area contributed by atoms with E-state index in [0.29, 0.717) is 37.1 Å². The van der Waals surface area contributed by atoms with Gasteiger partial charge < -0.3 is 14.2 Å². The molecule has 0 atom stereocenters. The predicted molar refractivity (Wildman–Crippen MR) is 141 cm³/mol. The highest BCUT2D eigenvalue weighted by Crippen LogP contribution is 2.36. The zero-order chi connectivity index (χ0) is 25.4. The summed E-state index contributed by atoms with van der Waals surface area (Å²) in [5.41, 5.74) is 5.52. The second kappa shape index (κ2) is 9.90. The van der Waals surface area contributed by atoms with Crippen LogP contribution in [0.15, 0.2) is 71.8 Å². The normalized spacial score (nSPS) is 15.4. The lowest BCUT2D eigenvalue weighted by atomic mass is 9.98. The Balaban J connectivity index is 1.18. The SMILES string of the molecule is CN1CCC(COc2cnc(-c3cccc(Cn4c5c(ccc4=O)-c4cc(F)ccc4C5)c3)nc2)CC1. The molecule has 7 heteroatoms. The van der Waals surface area contributed by atoms with Crippen molar-refractivity contribution >= 4 is 0 Å². The summed E-state index contributed by atoms with van der Waals surface area (Å²) in [5, 5.41) is 0. The third-order valence-corrected chi connectivity index (χ3v) is 7.49. The first-order valence-electron chi connectivity index (χ1n) is 12.8. The first kappa shape index (κ1) is 23.6. The number of nitrogens with zero attached hydrogens (tertiary/aromatic N) is 4. The van der Waals surface area contributed by atoms with E-state index in [-0.39, 0.29) is 11.4 Å². The fourth-order valence-corrected chi connectivity index (χ4v) is 5.34. The maximum atomic E-state index is 13.9. The molecule has 0 amide bonds. The number of ether oxygens (including phenoxy) is 1. The zero-order valence-electron chi connectivity index (χ0n) is 20.9. The van der Waals surface area contributed by atoms with Crippen LogP contribution in [0.5, 0.6) is 5.75 Å². The minimum absolute atomic E-state index is 0.0696. The summed E-state index contributed by atoms with van der Waals surface area (Å²) >= 11 is 0. The van der Waals surface area contributed by atoms with Crippen molar-refractivity contribution < 1.29 is 9.13 Å². The van der Waals surface area contributed by atoms with Crippen molar-refractivity contribution in [1.29, 1.82) is 0 Å². The maximum Gasteiger partial charge on any atom is 0.251 e. The van der Waals surface area contributed by atoms with Crippen LogP contribution >= 0.6 is 0 Å². The summed E-state index contributed by atoms with van der Waals surface area (Å²) in [7, 11) is 2.16. The lowest BCUT2D eigenvalue weighted by Gasteiger charge is -2.28.